The van der Waals surface area contributed by atoms with Gasteiger partial charge in [0.1, 0.15) is 0 Å². The Bertz CT molecular complexity index is 409. The number of nitrogens with zero attached hydrogens (tertiary/aromatic N) is 1. The normalized spacial score (nSPS) is 15.7. The summed E-state index contributed by atoms with van der Waals surface area (Å²) in [5.41, 5.74) is 6.76. The fourth-order valence-electron chi connectivity index (χ4n) is 2.34. The zero-order valence-electron chi connectivity index (χ0n) is 11.9. The summed E-state index contributed by atoms with van der Waals surface area (Å²) in [6.45, 7) is 5.43. The summed E-state index contributed by atoms with van der Waals surface area (Å²) in [7, 11) is 2.10. The molecule has 0 fully saturated rings. The van der Waals surface area contributed by atoms with E-state index in [0.717, 1.165) is 56.3 Å². The number of hydrogen-bond donors (Lipinski definition) is 1. The van der Waals surface area contributed by atoms with Gasteiger partial charge in [0.2, 0.25) is 0 Å². The van der Waals surface area contributed by atoms with Crippen molar-refractivity contribution in [2.45, 2.75) is 19.8 Å². The first-order valence-electron chi connectivity index (χ1n) is 7.01. The van der Waals surface area contributed by atoms with Crippen molar-refractivity contribution in [2.24, 2.45) is 11.7 Å². The third-order valence-corrected chi connectivity index (χ3v) is 3.42. The number of anilines is 1. The summed E-state index contributed by atoms with van der Waals surface area (Å²) >= 11 is 0. The maximum absolute atomic E-state index is 5.72. The van der Waals surface area contributed by atoms with Gasteiger partial charge in [-0.15, -0.1) is 0 Å². The first-order chi connectivity index (χ1) is 9.20. The van der Waals surface area contributed by atoms with Crippen molar-refractivity contribution in [3.05, 3.63) is 18.2 Å². The van der Waals surface area contributed by atoms with Gasteiger partial charge in [-0.1, -0.05) is 6.92 Å². The molecule has 0 aromatic heterocycles. The minimum absolute atomic E-state index is 0.589. The van der Waals surface area contributed by atoms with E-state index in [2.05, 4.69) is 31.0 Å². The third-order valence-electron chi connectivity index (χ3n) is 3.42. The Labute approximate surface area is 115 Å². The molecule has 4 nitrogen and oxygen atoms in total. The molecule has 2 rings (SSSR count). The van der Waals surface area contributed by atoms with Gasteiger partial charge in [-0.05, 0) is 31.0 Å². The van der Waals surface area contributed by atoms with Crippen molar-refractivity contribution in [3.8, 4) is 11.5 Å². The lowest BCUT2D eigenvalue weighted by Gasteiger charge is -2.24. The third kappa shape index (κ3) is 3.77. The average molecular weight is 264 g/mol. The zero-order chi connectivity index (χ0) is 13.7. The van der Waals surface area contributed by atoms with Gasteiger partial charge < -0.3 is 20.1 Å². The average Bonchev–Trinajstić information content (AvgIpc) is 2.63. The summed E-state index contributed by atoms with van der Waals surface area (Å²) in [6.07, 6.45) is 1.99. The van der Waals surface area contributed by atoms with Gasteiger partial charge in [-0.25, -0.2) is 0 Å². The highest BCUT2D eigenvalue weighted by atomic mass is 16.5. The fourth-order valence-corrected chi connectivity index (χ4v) is 2.34. The molecular formula is C15H24N2O2. The number of rotatable bonds is 5. The van der Waals surface area contributed by atoms with Crippen LogP contribution in [-0.4, -0.2) is 33.4 Å². The molecule has 0 spiro atoms. The second kappa shape index (κ2) is 6.66. The molecule has 0 radical (unpaired) electrons. The molecule has 106 valence electrons. The molecule has 4 heteroatoms. The van der Waals surface area contributed by atoms with E-state index in [0.29, 0.717) is 5.92 Å². The van der Waals surface area contributed by atoms with Crippen molar-refractivity contribution in [1.29, 1.82) is 0 Å². The standard InChI is InChI=1S/C15H24N2O2/c1-12(6-7-16)11-17(2)13-4-5-14-15(10-13)19-9-3-8-18-14/h4-5,10,12H,3,6-9,11,16H2,1-2H3. The zero-order valence-corrected chi connectivity index (χ0v) is 11.9. The topological polar surface area (TPSA) is 47.7 Å². The molecule has 0 bridgehead atoms. The van der Waals surface area contributed by atoms with Crippen molar-refractivity contribution in [1.82, 2.24) is 0 Å². The molecule has 1 aliphatic heterocycles. The predicted molar refractivity (Wildman–Crippen MR) is 78.2 cm³/mol. The van der Waals surface area contributed by atoms with E-state index in [9.17, 15) is 0 Å². The summed E-state index contributed by atoms with van der Waals surface area (Å²) in [6, 6.07) is 6.15. The Balaban J connectivity index is 2.06. The molecule has 1 aliphatic rings. The van der Waals surface area contributed by atoms with E-state index in [1.54, 1.807) is 0 Å². The number of nitrogens with two attached hydrogens (primary N) is 1. The van der Waals surface area contributed by atoms with Crippen molar-refractivity contribution in [3.63, 3.8) is 0 Å². The van der Waals surface area contributed by atoms with Crippen LogP contribution < -0.4 is 20.1 Å². The van der Waals surface area contributed by atoms with E-state index < -0.39 is 0 Å². The van der Waals surface area contributed by atoms with Gasteiger partial charge in [-0.3, -0.25) is 0 Å². The molecule has 0 saturated carbocycles. The van der Waals surface area contributed by atoms with E-state index >= 15 is 0 Å². The van der Waals surface area contributed by atoms with Crippen LogP contribution in [0.4, 0.5) is 5.69 Å². The summed E-state index contributed by atoms with van der Waals surface area (Å²) in [5, 5.41) is 0. The van der Waals surface area contributed by atoms with Crippen LogP contribution in [0.2, 0.25) is 0 Å². The van der Waals surface area contributed by atoms with Gasteiger partial charge in [0.15, 0.2) is 11.5 Å². The van der Waals surface area contributed by atoms with Crippen LogP contribution in [0.1, 0.15) is 19.8 Å². The van der Waals surface area contributed by atoms with Gasteiger partial charge in [0, 0.05) is 31.8 Å². The van der Waals surface area contributed by atoms with Gasteiger partial charge in [0.25, 0.3) is 0 Å². The van der Waals surface area contributed by atoms with Crippen LogP contribution in [-0.2, 0) is 0 Å². The lowest BCUT2D eigenvalue weighted by molar-refractivity contribution is 0.297. The lowest BCUT2D eigenvalue weighted by Crippen LogP contribution is -2.25. The fraction of sp³-hybridized carbons (Fsp3) is 0.600. The first-order valence-corrected chi connectivity index (χ1v) is 7.01. The molecule has 1 aromatic carbocycles. The van der Waals surface area contributed by atoms with Crippen molar-refractivity contribution >= 4 is 5.69 Å². The molecule has 2 N–H and O–H groups in total. The first kappa shape index (κ1) is 14.0. The monoisotopic (exact) mass is 264 g/mol. The molecule has 0 amide bonds. The Kier molecular flexibility index (Phi) is 4.91. The van der Waals surface area contributed by atoms with E-state index in [-0.39, 0.29) is 0 Å². The molecule has 1 heterocycles. The number of benzene rings is 1. The quantitative estimate of drug-likeness (QED) is 0.886. The Morgan fingerprint density at radius 1 is 1.26 bits per heavy atom. The van der Waals surface area contributed by atoms with E-state index in [4.69, 9.17) is 15.2 Å². The second-order valence-electron chi connectivity index (χ2n) is 5.24. The van der Waals surface area contributed by atoms with E-state index in [1.807, 2.05) is 6.07 Å². The molecule has 0 saturated heterocycles. The minimum atomic E-state index is 0.589. The maximum atomic E-state index is 5.72. The summed E-state index contributed by atoms with van der Waals surface area (Å²) < 4.78 is 11.4. The highest BCUT2D eigenvalue weighted by molar-refractivity contribution is 5.56. The number of fused-ring (bicyclic) bond motifs is 1. The van der Waals surface area contributed by atoms with Crippen LogP contribution >= 0.6 is 0 Å². The minimum Gasteiger partial charge on any atom is -0.490 e. The Hall–Kier alpha value is -1.42. The van der Waals surface area contributed by atoms with Crippen molar-refractivity contribution < 1.29 is 9.47 Å². The molecular weight excluding hydrogens is 240 g/mol. The molecule has 19 heavy (non-hydrogen) atoms. The molecule has 1 atom stereocenters. The number of ether oxygens (including phenoxy) is 2. The van der Waals surface area contributed by atoms with Gasteiger partial charge >= 0.3 is 0 Å². The van der Waals surface area contributed by atoms with Crippen LogP contribution in [0.15, 0.2) is 18.2 Å². The second-order valence-corrected chi connectivity index (χ2v) is 5.24. The van der Waals surface area contributed by atoms with Crippen LogP contribution in [0.5, 0.6) is 11.5 Å². The van der Waals surface area contributed by atoms with Gasteiger partial charge in [0.05, 0.1) is 13.2 Å². The molecule has 1 aromatic rings. The van der Waals surface area contributed by atoms with Crippen LogP contribution in [0, 0.1) is 5.92 Å². The highest BCUT2D eigenvalue weighted by Crippen LogP contribution is 2.33. The summed E-state index contributed by atoms with van der Waals surface area (Å²) in [5.74, 6) is 2.30. The maximum Gasteiger partial charge on any atom is 0.163 e. The van der Waals surface area contributed by atoms with E-state index in [1.165, 1.54) is 0 Å². The van der Waals surface area contributed by atoms with Gasteiger partial charge in [-0.2, -0.15) is 0 Å². The molecule has 1 unspecified atom stereocenters. The smallest absolute Gasteiger partial charge is 0.163 e. The largest absolute Gasteiger partial charge is 0.490 e. The Morgan fingerprint density at radius 2 is 2.00 bits per heavy atom. The number of hydrogen-bond acceptors (Lipinski definition) is 4. The SMILES string of the molecule is CC(CCN)CN(C)c1ccc2c(c1)OCCCO2. The van der Waals surface area contributed by atoms with Crippen LogP contribution in [0.25, 0.3) is 0 Å². The van der Waals surface area contributed by atoms with Crippen LogP contribution in [0.3, 0.4) is 0 Å². The van der Waals surface area contributed by atoms with Crippen molar-refractivity contribution in [2.75, 3.05) is 38.3 Å². The lowest BCUT2D eigenvalue weighted by atomic mass is 10.1. The Morgan fingerprint density at radius 3 is 2.74 bits per heavy atom. The molecule has 0 aliphatic carbocycles. The summed E-state index contributed by atoms with van der Waals surface area (Å²) in [4.78, 5) is 2.24. The predicted octanol–water partition coefficient (Wildman–Crippen LogP) is 2.27. The highest BCUT2D eigenvalue weighted by Gasteiger charge is 2.13.